The van der Waals surface area contributed by atoms with E-state index in [0.29, 0.717) is 0 Å². The number of nitrogens with zero attached hydrogens (tertiary/aromatic N) is 1. The van der Waals surface area contributed by atoms with Crippen LogP contribution in [0.2, 0.25) is 0 Å². The van der Waals surface area contributed by atoms with Crippen LogP contribution in [-0.2, 0) is 0 Å². The Bertz CT molecular complexity index is 180. The molecule has 0 amide bonds. The van der Waals surface area contributed by atoms with Crippen LogP contribution in [0.1, 0.15) is 26.2 Å². The summed E-state index contributed by atoms with van der Waals surface area (Å²) in [6.07, 6.45) is 5.79. The highest BCUT2D eigenvalue weighted by atomic mass is 15.0. The van der Waals surface area contributed by atoms with Gasteiger partial charge in [0, 0.05) is 13.6 Å². The van der Waals surface area contributed by atoms with E-state index in [0.717, 1.165) is 18.8 Å². The Morgan fingerprint density at radius 3 is 3.09 bits per heavy atom. The van der Waals surface area contributed by atoms with E-state index in [1.165, 1.54) is 18.4 Å². The molecule has 2 nitrogen and oxygen atoms in total. The summed E-state index contributed by atoms with van der Waals surface area (Å²) in [4.78, 5) is 4.18. The van der Waals surface area contributed by atoms with Crippen molar-refractivity contribution in [3.63, 3.8) is 0 Å². The second-order valence-corrected chi connectivity index (χ2v) is 2.74. The van der Waals surface area contributed by atoms with Gasteiger partial charge in [0.2, 0.25) is 0 Å². The van der Waals surface area contributed by atoms with Gasteiger partial charge >= 0.3 is 0 Å². The lowest BCUT2D eigenvalue weighted by atomic mass is 10.0. The number of hydrogen-bond donors (Lipinski definition) is 1. The van der Waals surface area contributed by atoms with Crippen molar-refractivity contribution in [2.75, 3.05) is 13.6 Å². The summed E-state index contributed by atoms with van der Waals surface area (Å²) in [5.74, 6) is 1.10. The second kappa shape index (κ2) is 4.16. The number of hydrogen-bond acceptors (Lipinski definition) is 1. The van der Waals surface area contributed by atoms with Crippen molar-refractivity contribution in [2.24, 2.45) is 4.99 Å². The standard InChI is InChI=1S/C9H16N2/c1-3-5-8-6-4-7-11-9(8)10-2/h5H,3-4,6-7H2,1-2H3,(H,10,11)/b8-5-. The normalized spacial score (nSPS) is 25.6. The van der Waals surface area contributed by atoms with Crippen molar-refractivity contribution in [3.8, 4) is 0 Å². The molecule has 0 bridgehead atoms. The molecule has 0 aromatic carbocycles. The molecule has 1 aliphatic rings. The first-order valence-electron chi connectivity index (χ1n) is 4.28. The number of nitrogens with one attached hydrogen (secondary N) is 1. The molecule has 62 valence electrons. The Morgan fingerprint density at radius 2 is 2.45 bits per heavy atom. The first-order chi connectivity index (χ1) is 5.38. The Hall–Kier alpha value is -0.790. The van der Waals surface area contributed by atoms with Crippen LogP contribution >= 0.6 is 0 Å². The molecule has 0 aliphatic carbocycles. The molecule has 2 heteroatoms. The van der Waals surface area contributed by atoms with Gasteiger partial charge in [-0.05, 0) is 24.8 Å². The molecule has 1 heterocycles. The summed E-state index contributed by atoms with van der Waals surface area (Å²) in [7, 11) is 1.84. The zero-order valence-electron chi connectivity index (χ0n) is 7.35. The van der Waals surface area contributed by atoms with E-state index in [-0.39, 0.29) is 0 Å². The van der Waals surface area contributed by atoms with Crippen molar-refractivity contribution in [1.82, 2.24) is 5.32 Å². The quantitative estimate of drug-likeness (QED) is 0.608. The third-order valence-electron chi connectivity index (χ3n) is 1.89. The molecule has 1 aliphatic heterocycles. The van der Waals surface area contributed by atoms with Gasteiger partial charge in [-0.3, -0.25) is 4.99 Å². The van der Waals surface area contributed by atoms with E-state index in [1.807, 2.05) is 7.05 Å². The molecule has 0 atom stereocenters. The Balaban J connectivity index is 2.67. The monoisotopic (exact) mass is 152 g/mol. The zero-order chi connectivity index (χ0) is 8.10. The minimum Gasteiger partial charge on any atom is -0.370 e. The van der Waals surface area contributed by atoms with E-state index in [4.69, 9.17) is 0 Å². The fourth-order valence-electron chi connectivity index (χ4n) is 1.39. The minimum atomic E-state index is 1.08. The van der Waals surface area contributed by atoms with E-state index in [1.54, 1.807) is 0 Å². The highest BCUT2D eigenvalue weighted by Gasteiger charge is 2.09. The van der Waals surface area contributed by atoms with Crippen LogP contribution in [0.15, 0.2) is 16.6 Å². The van der Waals surface area contributed by atoms with Crippen LogP contribution < -0.4 is 5.32 Å². The summed E-state index contributed by atoms with van der Waals surface area (Å²) in [6.45, 7) is 3.24. The molecule has 0 unspecified atom stereocenters. The minimum absolute atomic E-state index is 1.08. The van der Waals surface area contributed by atoms with Gasteiger partial charge < -0.3 is 5.32 Å². The summed E-state index contributed by atoms with van der Waals surface area (Å²) in [5.41, 5.74) is 1.39. The van der Waals surface area contributed by atoms with E-state index < -0.39 is 0 Å². The lowest BCUT2D eigenvalue weighted by Crippen LogP contribution is -2.31. The first-order valence-corrected chi connectivity index (χ1v) is 4.28. The number of allylic oxidation sites excluding steroid dienone is 1. The Labute approximate surface area is 68.4 Å². The lowest BCUT2D eigenvalue weighted by Gasteiger charge is -2.18. The molecule has 11 heavy (non-hydrogen) atoms. The summed E-state index contributed by atoms with van der Waals surface area (Å²) >= 11 is 0. The maximum Gasteiger partial charge on any atom is 0.123 e. The van der Waals surface area contributed by atoms with Crippen molar-refractivity contribution in [3.05, 3.63) is 11.6 Å². The van der Waals surface area contributed by atoms with Crippen LogP contribution in [0.5, 0.6) is 0 Å². The SMILES string of the molecule is CC/C=C1/CCCNC1=NC. The number of amidine groups is 1. The highest BCUT2D eigenvalue weighted by Crippen LogP contribution is 2.11. The molecule has 0 saturated carbocycles. The van der Waals surface area contributed by atoms with Gasteiger partial charge in [0.05, 0.1) is 0 Å². The summed E-state index contributed by atoms with van der Waals surface area (Å²) < 4.78 is 0. The van der Waals surface area contributed by atoms with Crippen LogP contribution in [0.4, 0.5) is 0 Å². The van der Waals surface area contributed by atoms with Crippen molar-refractivity contribution < 1.29 is 0 Å². The summed E-state index contributed by atoms with van der Waals surface area (Å²) in [5, 5.41) is 3.29. The van der Waals surface area contributed by atoms with Crippen molar-refractivity contribution in [2.45, 2.75) is 26.2 Å². The molecule has 0 aromatic rings. The zero-order valence-corrected chi connectivity index (χ0v) is 7.35. The van der Waals surface area contributed by atoms with Crippen molar-refractivity contribution >= 4 is 5.84 Å². The van der Waals surface area contributed by atoms with Gasteiger partial charge in [0.1, 0.15) is 5.84 Å². The van der Waals surface area contributed by atoms with Crippen LogP contribution in [0, 0.1) is 0 Å². The molecule has 0 aromatic heterocycles. The predicted molar refractivity (Wildman–Crippen MR) is 49.0 cm³/mol. The van der Waals surface area contributed by atoms with Crippen LogP contribution in [0.3, 0.4) is 0 Å². The van der Waals surface area contributed by atoms with E-state index >= 15 is 0 Å². The smallest absolute Gasteiger partial charge is 0.123 e. The van der Waals surface area contributed by atoms with Gasteiger partial charge in [0.25, 0.3) is 0 Å². The fraction of sp³-hybridized carbons (Fsp3) is 0.667. The average molecular weight is 152 g/mol. The number of piperidine rings is 1. The van der Waals surface area contributed by atoms with Gasteiger partial charge in [-0.25, -0.2) is 0 Å². The lowest BCUT2D eigenvalue weighted by molar-refractivity contribution is 0.734. The Kier molecular flexibility index (Phi) is 3.14. The van der Waals surface area contributed by atoms with Gasteiger partial charge in [-0.15, -0.1) is 0 Å². The van der Waals surface area contributed by atoms with E-state index in [2.05, 4.69) is 23.3 Å². The third-order valence-corrected chi connectivity index (χ3v) is 1.89. The third kappa shape index (κ3) is 2.07. The fourth-order valence-corrected chi connectivity index (χ4v) is 1.39. The molecule has 1 saturated heterocycles. The molecular weight excluding hydrogens is 136 g/mol. The maximum atomic E-state index is 4.18. The predicted octanol–water partition coefficient (Wildman–Crippen LogP) is 1.73. The molecule has 0 spiro atoms. The van der Waals surface area contributed by atoms with Gasteiger partial charge in [-0.1, -0.05) is 13.0 Å². The largest absolute Gasteiger partial charge is 0.370 e. The number of aliphatic imine (C=N–C) groups is 1. The molecule has 0 radical (unpaired) electrons. The molecular formula is C9H16N2. The van der Waals surface area contributed by atoms with Crippen molar-refractivity contribution in [1.29, 1.82) is 0 Å². The number of rotatable bonds is 1. The first kappa shape index (κ1) is 8.31. The van der Waals surface area contributed by atoms with E-state index in [9.17, 15) is 0 Å². The average Bonchev–Trinajstić information content (AvgIpc) is 2.06. The van der Waals surface area contributed by atoms with Crippen LogP contribution in [0.25, 0.3) is 0 Å². The summed E-state index contributed by atoms with van der Waals surface area (Å²) in [6, 6.07) is 0. The maximum absolute atomic E-state index is 4.18. The highest BCUT2D eigenvalue weighted by molar-refractivity contribution is 5.98. The molecule has 1 fully saturated rings. The topological polar surface area (TPSA) is 24.4 Å². The molecule has 1 N–H and O–H groups in total. The van der Waals surface area contributed by atoms with Gasteiger partial charge in [0.15, 0.2) is 0 Å². The molecule has 1 rings (SSSR count). The second-order valence-electron chi connectivity index (χ2n) is 2.74. The van der Waals surface area contributed by atoms with Gasteiger partial charge in [-0.2, -0.15) is 0 Å². The Morgan fingerprint density at radius 1 is 1.64 bits per heavy atom. The van der Waals surface area contributed by atoms with Crippen LogP contribution in [-0.4, -0.2) is 19.4 Å².